The number of hydrogen-bond donors (Lipinski definition) is 1. The van der Waals surface area contributed by atoms with Gasteiger partial charge in [0.05, 0.1) is 5.60 Å². The number of ether oxygens (including phenoxy) is 2. The molecule has 0 unspecified atom stereocenters. The Morgan fingerprint density at radius 2 is 1.85 bits per heavy atom. The Morgan fingerprint density at radius 3 is 2.58 bits per heavy atom. The second-order valence-corrected chi connectivity index (χ2v) is 9.30. The fourth-order valence-corrected chi connectivity index (χ4v) is 4.34. The molecule has 1 aliphatic heterocycles. The Morgan fingerprint density at radius 1 is 1.03 bits per heavy atom. The summed E-state index contributed by atoms with van der Waals surface area (Å²) in [5, 5.41) is 11.2. The van der Waals surface area contributed by atoms with Crippen LogP contribution in [0.4, 0.5) is 0 Å². The molecule has 0 bridgehead atoms. The van der Waals surface area contributed by atoms with Gasteiger partial charge in [-0.3, -0.25) is 4.90 Å². The van der Waals surface area contributed by atoms with E-state index in [1.165, 1.54) is 11.1 Å². The van der Waals surface area contributed by atoms with Gasteiger partial charge in [0.1, 0.15) is 30.5 Å². The Bertz CT molecular complexity index is 1050. The molecule has 0 aliphatic carbocycles. The van der Waals surface area contributed by atoms with Gasteiger partial charge in [-0.15, -0.1) is 0 Å². The quantitative estimate of drug-likeness (QED) is 0.552. The van der Waals surface area contributed by atoms with E-state index in [1.807, 2.05) is 36.0 Å². The summed E-state index contributed by atoms with van der Waals surface area (Å²) in [4.78, 5) is 6.70. The van der Waals surface area contributed by atoms with Crippen LogP contribution in [0.5, 0.6) is 11.5 Å². The van der Waals surface area contributed by atoms with Crippen LogP contribution in [0.3, 0.4) is 0 Å². The zero-order valence-corrected chi connectivity index (χ0v) is 20.0. The van der Waals surface area contributed by atoms with Crippen LogP contribution in [0.1, 0.15) is 41.8 Å². The van der Waals surface area contributed by atoms with Gasteiger partial charge < -0.3 is 19.1 Å². The van der Waals surface area contributed by atoms with Crippen LogP contribution in [0.25, 0.3) is 0 Å². The first-order valence-corrected chi connectivity index (χ1v) is 11.7. The molecule has 2 aromatic carbocycles. The highest BCUT2D eigenvalue weighted by Crippen LogP contribution is 2.27. The molecular weight excluding hydrogens is 414 g/mol. The number of likely N-dealkylation sites (tertiary alicyclic amines) is 1. The first kappa shape index (κ1) is 23.3. The van der Waals surface area contributed by atoms with Gasteiger partial charge in [-0.25, -0.2) is 4.98 Å². The van der Waals surface area contributed by atoms with Gasteiger partial charge in [0.25, 0.3) is 0 Å². The Balaban J connectivity index is 1.26. The lowest BCUT2D eigenvalue weighted by Crippen LogP contribution is -2.37. The third kappa shape index (κ3) is 6.36. The van der Waals surface area contributed by atoms with Crippen molar-refractivity contribution < 1.29 is 14.6 Å². The summed E-state index contributed by atoms with van der Waals surface area (Å²) < 4.78 is 13.8. The van der Waals surface area contributed by atoms with Crippen molar-refractivity contribution >= 4 is 0 Å². The maximum atomic E-state index is 11.2. The molecule has 0 amide bonds. The highest BCUT2D eigenvalue weighted by molar-refractivity contribution is 5.35. The number of rotatable bonds is 8. The molecule has 1 fully saturated rings. The summed E-state index contributed by atoms with van der Waals surface area (Å²) >= 11 is 0. The number of aromatic nitrogens is 2. The van der Waals surface area contributed by atoms with Gasteiger partial charge in [-0.2, -0.15) is 0 Å². The molecule has 33 heavy (non-hydrogen) atoms. The number of benzene rings is 2. The fraction of sp³-hybridized carbons (Fsp3) is 0.444. The zero-order valence-electron chi connectivity index (χ0n) is 20.0. The van der Waals surface area contributed by atoms with Crippen molar-refractivity contribution in [2.75, 3.05) is 19.7 Å². The molecule has 0 radical (unpaired) electrons. The van der Waals surface area contributed by atoms with Crippen molar-refractivity contribution in [2.24, 2.45) is 7.05 Å². The lowest BCUT2D eigenvalue weighted by atomic mass is 9.96. The van der Waals surface area contributed by atoms with Crippen LogP contribution in [0.2, 0.25) is 0 Å². The monoisotopic (exact) mass is 449 g/mol. The molecule has 1 aromatic heterocycles. The third-order valence-corrected chi connectivity index (χ3v) is 6.46. The summed E-state index contributed by atoms with van der Waals surface area (Å²) in [5.41, 5.74) is 2.79. The van der Waals surface area contributed by atoms with Gasteiger partial charge in [0.2, 0.25) is 0 Å². The molecule has 1 atom stereocenters. The van der Waals surface area contributed by atoms with Crippen molar-refractivity contribution in [3.8, 4) is 11.5 Å². The maximum absolute atomic E-state index is 11.2. The molecule has 4 rings (SSSR count). The molecule has 0 saturated carbocycles. The van der Waals surface area contributed by atoms with Gasteiger partial charge in [0, 0.05) is 32.5 Å². The second-order valence-electron chi connectivity index (χ2n) is 9.30. The van der Waals surface area contributed by atoms with E-state index in [-0.39, 0.29) is 0 Å². The SMILES string of the molecule is Cc1ccc(OC[C@@]2(O)CCCN(Cc3ccc(OCc4nccn4C)cc3)CC2)c(C)c1. The first-order chi connectivity index (χ1) is 15.9. The molecule has 1 saturated heterocycles. The lowest BCUT2D eigenvalue weighted by molar-refractivity contribution is -0.0170. The molecule has 0 spiro atoms. The van der Waals surface area contributed by atoms with Crippen molar-refractivity contribution in [3.05, 3.63) is 77.4 Å². The highest BCUT2D eigenvalue weighted by Gasteiger charge is 2.31. The number of hydrogen-bond acceptors (Lipinski definition) is 5. The highest BCUT2D eigenvalue weighted by atomic mass is 16.5. The average Bonchev–Trinajstić information content (AvgIpc) is 3.11. The molecule has 3 aromatic rings. The van der Waals surface area contributed by atoms with Crippen LogP contribution in [0, 0.1) is 13.8 Å². The summed E-state index contributed by atoms with van der Waals surface area (Å²) in [7, 11) is 1.97. The van der Waals surface area contributed by atoms with Crippen molar-refractivity contribution in [2.45, 2.75) is 51.9 Å². The topological polar surface area (TPSA) is 59.8 Å². The van der Waals surface area contributed by atoms with E-state index in [0.717, 1.165) is 55.4 Å². The van der Waals surface area contributed by atoms with Crippen LogP contribution in [-0.4, -0.2) is 44.9 Å². The molecule has 6 heteroatoms. The van der Waals surface area contributed by atoms with E-state index in [1.54, 1.807) is 6.20 Å². The lowest BCUT2D eigenvalue weighted by Gasteiger charge is -2.27. The Hall–Kier alpha value is -2.83. The van der Waals surface area contributed by atoms with Gasteiger partial charge in [0.15, 0.2) is 0 Å². The first-order valence-electron chi connectivity index (χ1n) is 11.7. The summed E-state index contributed by atoms with van der Waals surface area (Å²) in [6.45, 7) is 7.62. The Kier molecular flexibility index (Phi) is 7.36. The maximum Gasteiger partial charge on any atom is 0.146 e. The molecule has 1 N–H and O–H groups in total. The predicted molar refractivity (Wildman–Crippen MR) is 129 cm³/mol. The van der Waals surface area contributed by atoms with Gasteiger partial charge in [-0.05, 0) is 69.0 Å². The smallest absolute Gasteiger partial charge is 0.146 e. The fourth-order valence-electron chi connectivity index (χ4n) is 4.34. The summed E-state index contributed by atoms with van der Waals surface area (Å²) in [6.07, 6.45) is 6.12. The molecular formula is C27H35N3O3. The zero-order chi connectivity index (χ0) is 23.3. The van der Waals surface area contributed by atoms with E-state index in [2.05, 4.69) is 48.0 Å². The van der Waals surface area contributed by atoms with E-state index in [4.69, 9.17) is 9.47 Å². The van der Waals surface area contributed by atoms with Gasteiger partial charge in [-0.1, -0.05) is 29.8 Å². The molecule has 176 valence electrons. The van der Waals surface area contributed by atoms with Gasteiger partial charge >= 0.3 is 0 Å². The van der Waals surface area contributed by atoms with Crippen LogP contribution in [-0.2, 0) is 20.2 Å². The van der Waals surface area contributed by atoms with Crippen LogP contribution < -0.4 is 9.47 Å². The summed E-state index contributed by atoms with van der Waals surface area (Å²) in [5.74, 6) is 2.61. The second kappa shape index (κ2) is 10.4. The molecule has 6 nitrogen and oxygen atoms in total. The van der Waals surface area contributed by atoms with Crippen LogP contribution >= 0.6 is 0 Å². The largest absolute Gasteiger partial charge is 0.490 e. The van der Waals surface area contributed by atoms with Crippen LogP contribution in [0.15, 0.2) is 54.9 Å². The van der Waals surface area contributed by atoms with E-state index >= 15 is 0 Å². The predicted octanol–water partition coefficient (Wildman–Crippen LogP) is 4.41. The number of aliphatic hydroxyl groups is 1. The van der Waals surface area contributed by atoms with E-state index in [9.17, 15) is 5.11 Å². The normalized spacial score (nSPS) is 19.3. The van der Waals surface area contributed by atoms with E-state index < -0.39 is 5.60 Å². The van der Waals surface area contributed by atoms with Crippen molar-refractivity contribution in [1.29, 1.82) is 0 Å². The summed E-state index contributed by atoms with van der Waals surface area (Å²) in [6, 6.07) is 14.4. The minimum Gasteiger partial charge on any atom is -0.490 e. The minimum atomic E-state index is -0.783. The standard InChI is InChI=1S/C27H35N3O3/c1-21-5-10-25(22(2)17-21)33-20-27(31)11-4-14-30(15-12-27)18-23-6-8-24(9-7-23)32-19-26-28-13-16-29(26)3/h5-10,13,16-17,31H,4,11-12,14-15,18-20H2,1-3H3/t27-/m1/s1. The number of nitrogens with zero attached hydrogens (tertiary/aromatic N) is 3. The van der Waals surface area contributed by atoms with Crippen molar-refractivity contribution in [3.63, 3.8) is 0 Å². The number of aryl methyl sites for hydroxylation is 3. The van der Waals surface area contributed by atoms with E-state index in [0.29, 0.717) is 19.6 Å². The number of imidazole rings is 1. The molecule has 1 aliphatic rings. The van der Waals surface area contributed by atoms with Crippen molar-refractivity contribution in [1.82, 2.24) is 14.5 Å². The third-order valence-electron chi connectivity index (χ3n) is 6.46. The molecule has 2 heterocycles. The Labute approximate surface area is 196 Å². The minimum absolute atomic E-state index is 0.340. The average molecular weight is 450 g/mol.